The first-order valence-corrected chi connectivity index (χ1v) is 13.2. The summed E-state index contributed by atoms with van der Waals surface area (Å²) in [7, 11) is 0. The van der Waals surface area contributed by atoms with E-state index < -0.39 is 6.36 Å². The Morgan fingerprint density at radius 2 is 1.67 bits per heavy atom. The van der Waals surface area contributed by atoms with Crippen LogP contribution in [0.4, 0.5) is 13.2 Å². The monoisotopic (exact) mass is 533 g/mol. The van der Waals surface area contributed by atoms with Crippen molar-refractivity contribution in [1.29, 1.82) is 0 Å². The summed E-state index contributed by atoms with van der Waals surface area (Å²) in [5, 5.41) is 0. The molecule has 1 aliphatic heterocycles. The van der Waals surface area contributed by atoms with Crippen molar-refractivity contribution in [1.82, 2.24) is 4.90 Å². The number of hydrogen-bond acceptors (Lipinski definition) is 4. The van der Waals surface area contributed by atoms with Crippen LogP contribution in [0.5, 0.6) is 5.75 Å². The molecule has 1 saturated heterocycles. The smallest absolute Gasteiger partial charge is 0.405 e. The molecule has 0 unspecified atom stereocenters. The van der Waals surface area contributed by atoms with E-state index in [9.17, 15) is 18.0 Å². The zero-order chi connectivity index (χ0) is 26.6. The number of carbonyl (C=O) groups is 1. The van der Waals surface area contributed by atoms with Crippen LogP contribution in [-0.2, 0) is 15.6 Å². The minimum atomic E-state index is -4.83. The molecule has 0 N–H and O–H groups in total. The Morgan fingerprint density at radius 3 is 2.22 bits per heavy atom. The van der Waals surface area contributed by atoms with Crippen LogP contribution < -0.4 is 4.74 Å². The van der Waals surface area contributed by atoms with Gasteiger partial charge >= 0.3 is 6.36 Å². The molecule has 1 heterocycles. The average molecular weight is 534 g/mol. The molecule has 2 aliphatic rings. The van der Waals surface area contributed by atoms with E-state index in [4.69, 9.17) is 12.2 Å². The van der Waals surface area contributed by atoms with E-state index in [-0.39, 0.29) is 22.5 Å². The third-order valence-electron chi connectivity index (χ3n) is 7.20. The molecule has 0 atom stereocenters. The van der Waals surface area contributed by atoms with Crippen molar-refractivity contribution in [3.05, 3.63) is 57.5 Å². The molecule has 2 aromatic carbocycles. The number of thioether (sulfide) groups is 1. The Bertz CT molecular complexity index is 1280. The standard InChI is InChI=1S/C28H30F3NO2S2/c1-7-32-24(33)23(36-25(32)35)14-17-8-9-22(34-28(29,30)31)19(13-17)18-15-21-20(12-16(18)2)26(3,4)10-11-27(21,5)6/h8-9,12-15H,7,10-11H2,1-6H3/b23-14-. The Morgan fingerprint density at radius 1 is 1.06 bits per heavy atom. The SMILES string of the molecule is CCN1C(=O)/C(=C/c2ccc(OC(F)(F)F)c(-c3cc4c(cc3C)C(C)(C)CCC4(C)C)c2)SC1=S. The van der Waals surface area contributed by atoms with Crippen LogP contribution in [-0.4, -0.2) is 28.0 Å². The van der Waals surface area contributed by atoms with Crippen molar-refractivity contribution in [2.45, 2.75) is 71.6 Å². The number of nitrogens with zero attached hydrogens (tertiary/aromatic N) is 1. The summed E-state index contributed by atoms with van der Waals surface area (Å²) in [5.41, 5.74) is 4.76. The van der Waals surface area contributed by atoms with Crippen LogP contribution >= 0.6 is 24.0 Å². The molecule has 0 bridgehead atoms. The predicted molar refractivity (Wildman–Crippen MR) is 144 cm³/mol. The first-order valence-electron chi connectivity index (χ1n) is 11.9. The maximum Gasteiger partial charge on any atom is 0.573 e. The summed E-state index contributed by atoms with van der Waals surface area (Å²) < 4.78 is 44.9. The number of amides is 1. The summed E-state index contributed by atoms with van der Waals surface area (Å²) in [6, 6.07) is 8.66. The van der Waals surface area contributed by atoms with Gasteiger partial charge in [-0.1, -0.05) is 63.8 Å². The van der Waals surface area contributed by atoms with E-state index in [0.717, 1.165) is 24.0 Å². The van der Waals surface area contributed by atoms with Gasteiger partial charge in [-0.15, -0.1) is 13.2 Å². The molecule has 2 aromatic rings. The summed E-state index contributed by atoms with van der Waals surface area (Å²) in [6.07, 6.45) is -1.12. The highest BCUT2D eigenvalue weighted by molar-refractivity contribution is 8.26. The first kappa shape index (κ1) is 26.7. The minimum absolute atomic E-state index is 0.0185. The van der Waals surface area contributed by atoms with Crippen LogP contribution in [0.1, 0.15) is 69.7 Å². The molecule has 0 spiro atoms. The number of carbonyl (C=O) groups excluding carboxylic acids is 1. The lowest BCUT2D eigenvalue weighted by Gasteiger charge is -2.42. The maximum atomic E-state index is 13.3. The second-order valence-corrected chi connectivity index (χ2v) is 12.4. The van der Waals surface area contributed by atoms with Crippen LogP contribution in [0.15, 0.2) is 35.2 Å². The Kier molecular flexibility index (Phi) is 6.84. The van der Waals surface area contributed by atoms with E-state index in [0.29, 0.717) is 32.5 Å². The fourth-order valence-electron chi connectivity index (χ4n) is 5.00. The average Bonchev–Trinajstić information content (AvgIpc) is 3.03. The van der Waals surface area contributed by atoms with Crippen LogP contribution in [0.2, 0.25) is 0 Å². The number of alkyl halides is 3. The van der Waals surface area contributed by atoms with Crippen LogP contribution in [0, 0.1) is 6.92 Å². The van der Waals surface area contributed by atoms with E-state index in [2.05, 4.69) is 38.5 Å². The molecule has 192 valence electrons. The molecule has 3 nitrogen and oxygen atoms in total. The lowest BCUT2D eigenvalue weighted by atomic mass is 9.62. The highest BCUT2D eigenvalue weighted by Crippen LogP contribution is 2.49. The molecule has 1 amide bonds. The van der Waals surface area contributed by atoms with Gasteiger partial charge in [0.25, 0.3) is 5.91 Å². The van der Waals surface area contributed by atoms with Gasteiger partial charge in [0.1, 0.15) is 10.1 Å². The molecule has 8 heteroatoms. The number of rotatable bonds is 4. The van der Waals surface area contributed by atoms with Gasteiger partial charge in [-0.05, 0) is 89.6 Å². The molecule has 36 heavy (non-hydrogen) atoms. The fraction of sp³-hybridized carbons (Fsp3) is 0.429. The number of halogens is 3. The molecule has 0 saturated carbocycles. The third kappa shape index (κ3) is 5.07. The van der Waals surface area contributed by atoms with Crippen LogP contribution in [0.3, 0.4) is 0 Å². The van der Waals surface area contributed by atoms with E-state index >= 15 is 0 Å². The number of likely N-dealkylation sites (N-methyl/N-ethyl adjacent to an activating group) is 1. The highest BCUT2D eigenvalue weighted by Gasteiger charge is 2.38. The van der Waals surface area contributed by atoms with Gasteiger partial charge in [0, 0.05) is 12.1 Å². The largest absolute Gasteiger partial charge is 0.573 e. The van der Waals surface area contributed by atoms with Crippen LogP contribution in [0.25, 0.3) is 17.2 Å². The van der Waals surface area contributed by atoms with Gasteiger partial charge in [-0.3, -0.25) is 9.69 Å². The second-order valence-electron chi connectivity index (χ2n) is 10.7. The number of thiocarbonyl (C=S) groups is 1. The van der Waals surface area contributed by atoms with E-state index in [1.165, 1.54) is 34.4 Å². The van der Waals surface area contributed by atoms with Gasteiger partial charge < -0.3 is 4.74 Å². The number of ether oxygens (including phenoxy) is 1. The minimum Gasteiger partial charge on any atom is -0.405 e. The number of benzene rings is 2. The first-order chi connectivity index (χ1) is 16.6. The van der Waals surface area contributed by atoms with Gasteiger partial charge in [-0.2, -0.15) is 0 Å². The van der Waals surface area contributed by atoms with Crippen molar-refractivity contribution in [3.63, 3.8) is 0 Å². The predicted octanol–water partition coefficient (Wildman–Crippen LogP) is 8.13. The molecular formula is C28H30F3NO2S2. The zero-order valence-electron chi connectivity index (χ0n) is 21.3. The number of aryl methyl sites for hydroxylation is 1. The quantitative estimate of drug-likeness (QED) is 0.293. The molecule has 1 aliphatic carbocycles. The van der Waals surface area contributed by atoms with E-state index in [1.807, 2.05) is 19.9 Å². The Balaban J connectivity index is 1.89. The Hall–Kier alpha value is -2.32. The van der Waals surface area contributed by atoms with Gasteiger partial charge in [0.2, 0.25) is 0 Å². The van der Waals surface area contributed by atoms with Crippen molar-refractivity contribution in [2.75, 3.05) is 6.54 Å². The summed E-state index contributed by atoms with van der Waals surface area (Å²) in [5.74, 6) is -0.463. The summed E-state index contributed by atoms with van der Waals surface area (Å²) in [4.78, 5) is 14.6. The van der Waals surface area contributed by atoms with Gasteiger partial charge in [0.05, 0.1) is 4.91 Å². The molecule has 4 rings (SSSR count). The number of fused-ring (bicyclic) bond motifs is 1. The van der Waals surface area contributed by atoms with Gasteiger partial charge in [-0.25, -0.2) is 0 Å². The number of hydrogen-bond donors (Lipinski definition) is 0. The van der Waals surface area contributed by atoms with Crippen molar-refractivity contribution < 1.29 is 22.7 Å². The lowest BCUT2D eigenvalue weighted by Crippen LogP contribution is -2.34. The Labute approximate surface area is 220 Å². The molecule has 1 fully saturated rings. The summed E-state index contributed by atoms with van der Waals surface area (Å²) in [6.45, 7) is 13.0. The second kappa shape index (κ2) is 9.21. The maximum absolute atomic E-state index is 13.3. The topological polar surface area (TPSA) is 29.5 Å². The van der Waals surface area contributed by atoms with Gasteiger partial charge in [0.15, 0.2) is 0 Å². The fourth-order valence-corrected chi connectivity index (χ4v) is 6.38. The lowest BCUT2D eigenvalue weighted by molar-refractivity contribution is -0.274. The highest BCUT2D eigenvalue weighted by atomic mass is 32.2. The molecule has 0 aromatic heterocycles. The van der Waals surface area contributed by atoms with Crippen molar-refractivity contribution in [2.24, 2.45) is 0 Å². The van der Waals surface area contributed by atoms with Crippen molar-refractivity contribution in [3.8, 4) is 16.9 Å². The molecule has 0 radical (unpaired) electrons. The third-order valence-corrected chi connectivity index (χ3v) is 8.58. The molecular weight excluding hydrogens is 503 g/mol. The summed E-state index contributed by atoms with van der Waals surface area (Å²) >= 11 is 6.48. The van der Waals surface area contributed by atoms with E-state index in [1.54, 1.807) is 12.1 Å². The zero-order valence-corrected chi connectivity index (χ0v) is 22.9. The van der Waals surface area contributed by atoms with Crippen molar-refractivity contribution >= 4 is 40.3 Å². The normalized spacial score (nSPS) is 20.1.